The number of hydrogen-bond donors (Lipinski definition) is 1. The number of non-ortho nitro benzene ring substituents is 1. The fraction of sp³-hybridized carbons (Fsp3) is 0.200. The van der Waals surface area contributed by atoms with Crippen molar-refractivity contribution in [3.05, 3.63) is 34.4 Å². The molecule has 8 nitrogen and oxygen atoms in total. The van der Waals surface area contributed by atoms with Crippen molar-refractivity contribution in [2.45, 2.75) is 0 Å². The monoisotopic (exact) mass is 251 g/mol. The van der Waals surface area contributed by atoms with Gasteiger partial charge in [-0.15, -0.1) is 0 Å². The average molecular weight is 251 g/mol. The predicted octanol–water partition coefficient (Wildman–Crippen LogP) is 1.51. The topological polar surface area (TPSA) is 104 Å². The fourth-order valence-corrected chi connectivity index (χ4v) is 1.71. The van der Waals surface area contributed by atoms with E-state index < -0.39 is 17.0 Å². The Morgan fingerprint density at radius 3 is 2.33 bits per heavy atom. The smallest absolute Gasteiger partial charge is 0.415 e. The molecule has 18 heavy (non-hydrogen) atoms. The van der Waals surface area contributed by atoms with E-state index in [0.29, 0.717) is 10.6 Å². The zero-order valence-electron chi connectivity index (χ0n) is 9.15. The molecule has 0 aliphatic carbocycles. The first-order valence-corrected chi connectivity index (χ1v) is 5.07. The van der Waals surface area contributed by atoms with Crippen molar-refractivity contribution >= 4 is 23.5 Å². The highest BCUT2D eigenvalue weighted by Gasteiger charge is 2.33. The molecule has 1 fully saturated rings. The third-order valence-electron chi connectivity index (χ3n) is 2.61. The van der Waals surface area contributed by atoms with Gasteiger partial charge >= 0.3 is 12.1 Å². The zero-order valence-corrected chi connectivity index (χ0v) is 9.15. The van der Waals surface area contributed by atoms with Crippen LogP contribution in [0.1, 0.15) is 0 Å². The molecule has 1 saturated heterocycles. The van der Waals surface area contributed by atoms with Gasteiger partial charge in [-0.25, -0.2) is 14.5 Å². The van der Waals surface area contributed by atoms with Gasteiger partial charge in [-0.2, -0.15) is 0 Å². The minimum absolute atomic E-state index is 0.0829. The Balaban J connectivity index is 2.21. The van der Waals surface area contributed by atoms with Gasteiger partial charge in [0.1, 0.15) is 0 Å². The summed E-state index contributed by atoms with van der Waals surface area (Å²) in [4.78, 5) is 34.3. The summed E-state index contributed by atoms with van der Waals surface area (Å²) in [6, 6.07) is 4.73. The number of anilines is 1. The van der Waals surface area contributed by atoms with Crippen molar-refractivity contribution in [2.75, 3.05) is 18.0 Å². The molecule has 0 bridgehead atoms. The average Bonchev–Trinajstić information content (AvgIpc) is 2.71. The normalized spacial score (nSPS) is 15.0. The van der Waals surface area contributed by atoms with Gasteiger partial charge in [-0.1, -0.05) is 0 Å². The van der Waals surface area contributed by atoms with Gasteiger partial charge < -0.3 is 5.11 Å². The minimum Gasteiger partial charge on any atom is -0.465 e. The molecule has 0 atom stereocenters. The lowest BCUT2D eigenvalue weighted by Gasteiger charge is -2.15. The second kappa shape index (κ2) is 4.32. The number of nitro groups is 1. The van der Waals surface area contributed by atoms with E-state index in [9.17, 15) is 19.7 Å². The molecular formula is C10H9N3O5. The van der Waals surface area contributed by atoms with E-state index in [1.165, 1.54) is 29.2 Å². The second-order valence-corrected chi connectivity index (χ2v) is 3.64. The summed E-state index contributed by atoms with van der Waals surface area (Å²) in [6.07, 6.45) is -1.30. The summed E-state index contributed by atoms with van der Waals surface area (Å²) < 4.78 is 0. The van der Waals surface area contributed by atoms with Crippen molar-refractivity contribution in [3.8, 4) is 0 Å². The molecule has 1 N–H and O–H groups in total. The molecule has 0 aromatic heterocycles. The zero-order chi connectivity index (χ0) is 13.3. The number of nitro benzene ring substituents is 1. The Morgan fingerprint density at radius 2 is 1.89 bits per heavy atom. The molecule has 0 saturated carbocycles. The number of nitrogens with zero attached hydrogens (tertiary/aromatic N) is 3. The van der Waals surface area contributed by atoms with Crippen LogP contribution in [0.25, 0.3) is 0 Å². The molecule has 1 aliphatic rings. The summed E-state index contributed by atoms with van der Waals surface area (Å²) in [5.41, 5.74) is 0.356. The van der Waals surface area contributed by atoms with Crippen LogP contribution in [0.4, 0.5) is 21.0 Å². The van der Waals surface area contributed by atoms with Crippen LogP contribution in [0.3, 0.4) is 0 Å². The molecule has 1 aliphatic heterocycles. The quantitative estimate of drug-likeness (QED) is 0.633. The van der Waals surface area contributed by atoms with E-state index in [0.717, 1.165) is 0 Å². The lowest BCUT2D eigenvalue weighted by molar-refractivity contribution is -0.384. The fourth-order valence-electron chi connectivity index (χ4n) is 1.71. The van der Waals surface area contributed by atoms with Gasteiger partial charge in [0.2, 0.25) is 0 Å². The van der Waals surface area contributed by atoms with Crippen LogP contribution >= 0.6 is 0 Å². The van der Waals surface area contributed by atoms with Crippen LogP contribution in [-0.4, -0.2) is 40.1 Å². The van der Waals surface area contributed by atoms with Gasteiger partial charge in [0, 0.05) is 24.4 Å². The molecule has 8 heteroatoms. The third kappa shape index (κ3) is 1.95. The molecule has 1 heterocycles. The van der Waals surface area contributed by atoms with Gasteiger partial charge in [0.05, 0.1) is 11.5 Å². The highest BCUT2D eigenvalue weighted by atomic mass is 16.6. The van der Waals surface area contributed by atoms with Crippen molar-refractivity contribution in [1.82, 2.24) is 4.90 Å². The maximum atomic E-state index is 11.7. The third-order valence-corrected chi connectivity index (χ3v) is 2.61. The van der Waals surface area contributed by atoms with Crippen molar-refractivity contribution in [3.63, 3.8) is 0 Å². The molecule has 0 spiro atoms. The lowest BCUT2D eigenvalue weighted by atomic mass is 10.2. The van der Waals surface area contributed by atoms with Gasteiger partial charge in [0.15, 0.2) is 0 Å². The minimum atomic E-state index is -1.30. The van der Waals surface area contributed by atoms with Gasteiger partial charge in [0.25, 0.3) is 5.69 Å². The molecule has 1 aromatic rings. The van der Waals surface area contributed by atoms with Crippen LogP contribution in [0.15, 0.2) is 24.3 Å². The van der Waals surface area contributed by atoms with Crippen molar-refractivity contribution in [2.24, 2.45) is 0 Å². The molecule has 2 rings (SSSR count). The van der Waals surface area contributed by atoms with Crippen LogP contribution in [0.5, 0.6) is 0 Å². The van der Waals surface area contributed by atoms with Gasteiger partial charge in [-0.3, -0.25) is 15.0 Å². The highest BCUT2D eigenvalue weighted by molar-refractivity contribution is 6.02. The van der Waals surface area contributed by atoms with E-state index in [4.69, 9.17) is 5.11 Å². The van der Waals surface area contributed by atoms with E-state index in [2.05, 4.69) is 0 Å². The van der Waals surface area contributed by atoms with Crippen LogP contribution in [-0.2, 0) is 0 Å². The number of benzene rings is 1. The lowest BCUT2D eigenvalue weighted by Crippen LogP contribution is -2.35. The Hall–Kier alpha value is -2.64. The van der Waals surface area contributed by atoms with Crippen molar-refractivity contribution < 1.29 is 19.6 Å². The molecule has 3 amide bonds. The molecule has 1 aromatic carbocycles. The van der Waals surface area contributed by atoms with Crippen molar-refractivity contribution in [1.29, 1.82) is 0 Å². The van der Waals surface area contributed by atoms with E-state index >= 15 is 0 Å². The largest absolute Gasteiger partial charge is 0.465 e. The first kappa shape index (κ1) is 11.8. The number of imide groups is 1. The number of carbonyl (C=O) groups excluding carboxylic acids is 1. The number of hydrogen-bond acceptors (Lipinski definition) is 4. The number of carbonyl (C=O) groups is 2. The molecule has 0 unspecified atom stereocenters. The summed E-state index contributed by atoms with van der Waals surface area (Å²) in [5.74, 6) is 0. The van der Waals surface area contributed by atoms with E-state index in [-0.39, 0.29) is 18.8 Å². The summed E-state index contributed by atoms with van der Waals surface area (Å²) in [5, 5.41) is 19.2. The van der Waals surface area contributed by atoms with E-state index in [1.807, 2.05) is 0 Å². The maximum absolute atomic E-state index is 11.7. The Morgan fingerprint density at radius 1 is 1.28 bits per heavy atom. The summed E-state index contributed by atoms with van der Waals surface area (Å²) in [7, 11) is 0. The van der Waals surface area contributed by atoms with Crippen LogP contribution in [0.2, 0.25) is 0 Å². The first-order chi connectivity index (χ1) is 8.50. The molecule has 0 radical (unpaired) electrons. The number of urea groups is 1. The summed E-state index contributed by atoms with van der Waals surface area (Å²) >= 11 is 0. The Bertz CT molecular complexity index is 513. The van der Waals surface area contributed by atoms with Crippen LogP contribution in [0, 0.1) is 10.1 Å². The SMILES string of the molecule is O=C(O)N1CCN(c2ccc([N+](=O)[O-])cc2)C1=O. The first-order valence-electron chi connectivity index (χ1n) is 5.07. The standard InChI is InChI=1S/C10H9N3O5/c14-9-11(5-6-12(9)10(15)16)7-1-3-8(4-2-7)13(17)18/h1-4H,5-6H2,(H,15,16). The number of carboxylic acid groups (broad SMARTS) is 1. The Labute approximate surface area is 101 Å². The highest BCUT2D eigenvalue weighted by Crippen LogP contribution is 2.23. The second-order valence-electron chi connectivity index (χ2n) is 3.64. The molecular weight excluding hydrogens is 242 g/mol. The number of amides is 3. The number of rotatable bonds is 2. The molecule has 94 valence electrons. The maximum Gasteiger partial charge on any atom is 0.415 e. The summed E-state index contributed by atoms with van der Waals surface area (Å²) in [6.45, 7) is 0.327. The van der Waals surface area contributed by atoms with Gasteiger partial charge in [-0.05, 0) is 12.1 Å². The van der Waals surface area contributed by atoms with Crippen LogP contribution < -0.4 is 4.90 Å². The predicted molar refractivity (Wildman–Crippen MR) is 60.6 cm³/mol. The Kier molecular flexibility index (Phi) is 2.84. The van der Waals surface area contributed by atoms with E-state index in [1.54, 1.807) is 0 Å².